The van der Waals surface area contributed by atoms with E-state index in [0.717, 1.165) is 19.3 Å². The molecule has 5 heteroatoms. The van der Waals surface area contributed by atoms with Crippen molar-refractivity contribution in [3.05, 3.63) is 34.9 Å². The fourth-order valence-electron chi connectivity index (χ4n) is 3.63. The van der Waals surface area contributed by atoms with Gasteiger partial charge in [0.1, 0.15) is 0 Å². The molecule has 0 radical (unpaired) electrons. The molecule has 4 nitrogen and oxygen atoms in total. The lowest BCUT2D eigenvalue weighted by Gasteiger charge is -2.27. The molecule has 0 N–H and O–H groups in total. The molecule has 22 heavy (non-hydrogen) atoms. The summed E-state index contributed by atoms with van der Waals surface area (Å²) in [4.78, 5) is 0. The highest BCUT2D eigenvalue weighted by atomic mass is 32.2. The van der Waals surface area contributed by atoms with Crippen molar-refractivity contribution in [2.24, 2.45) is 5.92 Å². The molecule has 0 aromatic heterocycles. The molecule has 0 aliphatic carbocycles. The lowest BCUT2D eigenvalue weighted by atomic mass is 9.97. The zero-order chi connectivity index (χ0) is 15.7. The monoisotopic (exact) mass is 323 g/mol. The van der Waals surface area contributed by atoms with E-state index in [2.05, 4.69) is 26.0 Å². The van der Waals surface area contributed by atoms with Gasteiger partial charge in [-0.3, -0.25) is 0 Å². The third kappa shape index (κ3) is 3.07. The fraction of sp³-hybridized carbons (Fsp3) is 0.647. The van der Waals surface area contributed by atoms with Crippen molar-refractivity contribution in [3.63, 3.8) is 0 Å². The maximum atomic E-state index is 12.8. The molecular formula is C17H25NO3S. The third-order valence-electron chi connectivity index (χ3n) is 5.04. The highest BCUT2D eigenvalue weighted by molar-refractivity contribution is 7.89. The van der Waals surface area contributed by atoms with E-state index in [1.165, 1.54) is 16.7 Å². The number of benzene rings is 1. The minimum Gasteiger partial charge on any atom is -0.381 e. The second kappa shape index (κ2) is 6.30. The van der Waals surface area contributed by atoms with Gasteiger partial charge in [-0.15, -0.1) is 0 Å². The predicted molar refractivity (Wildman–Crippen MR) is 87.3 cm³/mol. The molecule has 3 rings (SSSR count). The van der Waals surface area contributed by atoms with Gasteiger partial charge in [0.2, 0.25) is 10.0 Å². The Bertz CT molecular complexity index is 635. The van der Waals surface area contributed by atoms with Crippen molar-refractivity contribution < 1.29 is 13.2 Å². The minimum absolute atomic E-state index is 0.00669. The maximum Gasteiger partial charge on any atom is 0.215 e. The summed E-state index contributed by atoms with van der Waals surface area (Å²) in [5.41, 5.74) is 3.62. The van der Waals surface area contributed by atoms with Gasteiger partial charge in [-0.25, -0.2) is 8.42 Å². The summed E-state index contributed by atoms with van der Waals surface area (Å²) in [6, 6.07) is 6.21. The van der Waals surface area contributed by atoms with E-state index >= 15 is 0 Å². The number of hydrogen-bond donors (Lipinski definition) is 0. The average molecular weight is 323 g/mol. The first kappa shape index (κ1) is 16.0. The SMILES string of the molecule is Cc1cccc([C@@H]2CCCN2S(=O)(=O)C[C@@H]2CCOC2)c1C. The maximum absolute atomic E-state index is 12.8. The number of sulfonamides is 1. The Kier molecular flexibility index (Phi) is 4.57. The Morgan fingerprint density at radius 1 is 1.27 bits per heavy atom. The van der Waals surface area contributed by atoms with E-state index in [-0.39, 0.29) is 17.7 Å². The van der Waals surface area contributed by atoms with E-state index in [1.807, 2.05) is 6.07 Å². The summed E-state index contributed by atoms with van der Waals surface area (Å²) < 4.78 is 32.8. The highest BCUT2D eigenvalue weighted by Crippen LogP contribution is 2.37. The molecule has 2 fully saturated rings. The normalized spacial score (nSPS) is 26.6. The lowest BCUT2D eigenvalue weighted by molar-refractivity contribution is 0.188. The van der Waals surface area contributed by atoms with Crippen LogP contribution in [0.25, 0.3) is 0 Å². The van der Waals surface area contributed by atoms with Gasteiger partial charge in [0.05, 0.1) is 18.4 Å². The zero-order valence-electron chi connectivity index (χ0n) is 13.4. The Hall–Kier alpha value is -0.910. The molecule has 1 aromatic carbocycles. The molecule has 2 saturated heterocycles. The number of nitrogens with zero attached hydrogens (tertiary/aromatic N) is 1. The number of ether oxygens (including phenoxy) is 1. The molecule has 0 amide bonds. The van der Waals surface area contributed by atoms with Crippen molar-refractivity contribution in [2.75, 3.05) is 25.5 Å². The van der Waals surface area contributed by atoms with Crippen LogP contribution in [0.4, 0.5) is 0 Å². The fourth-order valence-corrected chi connectivity index (χ4v) is 5.69. The van der Waals surface area contributed by atoms with Crippen molar-refractivity contribution in [1.82, 2.24) is 4.31 Å². The van der Waals surface area contributed by atoms with E-state index in [0.29, 0.717) is 19.8 Å². The minimum atomic E-state index is -3.22. The van der Waals surface area contributed by atoms with Crippen molar-refractivity contribution in [1.29, 1.82) is 0 Å². The zero-order valence-corrected chi connectivity index (χ0v) is 14.2. The molecule has 0 bridgehead atoms. The van der Waals surface area contributed by atoms with Crippen LogP contribution in [0.1, 0.15) is 42.0 Å². The van der Waals surface area contributed by atoms with Crippen LogP contribution in [0, 0.1) is 19.8 Å². The summed E-state index contributed by atoms with van der Waals surface area (Å²) >= 11 is 0. The van der Waals surface area contributed by atoms with Crippen LogP contribution in [0.3, 0.4) is 0 Å². The predicted octanol–water partition coefficient (Wildman–Crippen LogP) is 2.81. The van der Waals surface area contributed by atoms with E-state index in [9.17, 15) is 8.42 Å². The standard InChI is InChI=1S/C17H25NO3S/c1-13-5-3-6-16(14(13)2)17-7-4-9-18(17)22(19,20)12-15-8-10-21-11-15/h3,5-6,15,17H,4,7-12H2,1-2H3/t15-,17+/m1/s1. The second-order valence-electron chi connectivity index (χ2n) is 6.57. The molecule has 2 aliphatic rings. The van der Waals surface area contributed by atoms with Gasteiger partial charge in [0.15, 0.2) is 0 Å². The molecular weight excluding hydrogens is 298 g/mol. The second-order valence-corrected chi connectivity index (χ2v) is 8.53. The summed E-state index contributed by atoms with van der Waals surface area (Å²) in [6.07, 6.45) is 2.73. The van der Waals surface area contributed by atoms with Gasteiger partial charge in [0, 0.05) is 13.2 Å². The van der Waals surface area contributed by atoms with Gasteiger partial charge < -0.3 is 4.74 Å². The highest BCUT2D eigenvalue weighted by Gasteiger charge is 2.37. The molecule has 2 aliphatic heterocycles. The first-order valence-corrected chi connectivity index (χ1v) is 9.73. The summed E-state index contributed by atoms with van der Waals surface area (Å²) in [5, 5.41) is 0. The lowest BCUT2D eigenvalue weighted by Crippen LogP contribution is -2.35. The van der Waals surface area contributed by atoms with Crippen LogP contribution in [-0.2, 0) is 14.8 Å². The van der Waals surface area contributed by atoms with Crippen LogP contribution in [0.5, 0.6) is 0 Å². The summed E-state index contributed by atoms with van der Waals surface area (Å²) in [5.74, 6) is 0.388. The first-order chi connectivity index (χ1) is 10.5. The van der Waals surface area contributed by atoms with Crippen LogP contribution < -0.4 is 0 Å². The molecule has 0 spiro atoms. The topological polar surface area (TPSA) is 46.6 Å². The number of hydrogen-bond acceptors (Lipinski definition) is 3. The van der Waals surface area contributed by atoms with Gasteiger partial charge in [-0.1, -0.05) is 18.2 Å². The van der Waals surface area contributed by atoms with Crippen LogP contribution in [0.15, 0.2) is 18.2 Å². The van der Waals surface area contributed by atoms with E-state index in [1.54, 1.807) is 4.31 Å². The smallest absolute Gasteiger partial charge is 0.215 e. The van der Waals surface area contributed by atoms with Crippen LogP contribution in [-0.4, -0.2) is 38.2 Å². The number of rotatable bonds is 4. The van der Waals surface area contributed by atoms with Gasteiger partial charge in [-0.05, 0) is 55.7 Å². The van der Waals surface area contributed by atoms with Crippen molar-refractivity contribution in [2.45, 2.75) is 39.2 Å². The van der Waals surface area contributed by atoms with Crippen LogP contribution in [0.2, 0.25) is 0 Å². The molecule has 122 valence electrons. The number of aryl methyl sites for hydroxylation is 1. The summed E-state index contributed by atoms with van der Waals surface area (Å²) in [7, 11) is -3.22. The first-order valence-electron chi connectivity index (χ1n) is 8.12. The van der Waals surface area contributed by atoms with Gasteiger partial charge in [-0.2, -0.15) is 4.31 Å². The van der Waals surface area contributed by atoms with Gasteiger partial charge >= 0.3 is 0 Å². The quantitative estimate of drug-likeness (QED) is 0.856. The Balaban J connectivity index is 1.84. The molecule has 2 atom stereocenters. The van der Waals surface area contributed by atoms with E-state index in [4.69, 9.17) is 4.74 Å². The van der Waals surface area contributed by atoms with Gasteiger partial charge in [0.25, 0.3) is 0 Å². The Morgan fingerprint density at radius 2 is 2.09 bits per heavy atom. The molecule has 1 aromatic rings. The Morgan fingerprint density at radius 3 is 2.82 bits per heavy atom. The molecule has 2 heterocycles. The largest absolute Gasteiger partial charge is 0.381 e. The van der Waals surface area contributed by atoms with Crippen molar-refractivity contribution >= 4 is 10.0 Å². The average Bonchev–Trinajstić information content (AvgIpc) is 3.12. The Labute approximate surface area is 133 Å². The van der Waals surface area contributed by atoms with Crippen molar-refractivity contribution in [3.8, 4) is 0 Å². The molecule has 0 saturated carbocycles. The van der Waals surface area contributed by atoms with E-state index < -0.39 is 10.0 Å². The third-order valence-corrected chi connectivity index (χ3v) is 7.08. The summed E-state index contributed by atoms with van der Waals surface area (Å²) in [6.45, 7) is 6.11. The van der Waals surface area contributed by atoms with Crippen LogP contribution >= 0.6 is 0 Å². The molecule has 0 unspecified atom stereocenters.